The van der Waals surface area contributed by atoms with Crippen molar-refractivity contribution in [2.75, 3.05) is 5.32 Å². The Labute approximate surface area is 139 Å². The maximum absolute atomic E-state index is 11.4. The molecule has 24 heavy (non-hydrogen) atoms. The number of fused-ring (bicyclic) bond motifs is 1. The van der Waals surface area contributed by atoms with Crippen molar-refractivity contribution in [3.05, 3.63) is 84.6 Å². The molecular formula is C21H15NO2. The van der Waals surface area contributed by atoms with Gasteiger partial charge in [0, 0.05) is 22.3 Å². The van der Waals surface area contributed by atoms with Crippen LogP contribution in [0, 0.1) is 0 Å². The zero-order valence-electron chi connectivity index (χ0n) is 12.9. The molecule has 0 atom stereocenters. The second-order valence-electron chi connectivity index (χ2n) is 5.58. The molecule has 1 aromatic heterocycles. The second-order valence-corrected chi connectivity index (χ2v) is 5.58. The Balaban J connectivity index is 1.73. The third-order valence-corrected chi connectivity index (χ3v) is 4.02. The van der Waals surface area contributed by atoms with Crippen LogP contribution in [0.15, 0.2) is 83.5 Å². The van der Waals surface area contributed by atoms with Crippen molar-refractivity contribution in [3.8, 4) is 11.1 Å². The normalized spacial score (nSPS) is 10.7. The average Bonchev–Trinajstić information content (AvgIpc) is 3.10. The maximum atomic E-state index is 11.4. The van der Waals surface area contributed by atoms with E-state index < -0.39 is 0 Å². The lowest BCUT2D eigenvalue weighted by Crippen LogP contribution is -1.96. The zero-order valence-corrected chi connectivity index (χ0v) is 12.9. The molecule has 0 bridgehead atoms. The molecule has 3 aromatic carbocycles. The minimum Gasteiger partial charge on any atom is -0.464 e. The summed E-state index contributed by atoms with van der Waals surface area (Å²) in [7, 11) is 0. The molecule has 0 amide bonds. The number of hydrogen-bond donors (Lipinski definition) is 1. The third-order valence-electron chi connectivity index (χ3n) is 4.02. The molecule has 0 aliphatic carbocycles. The van der Waals surface area contributed by atoms with E-state index in [1.165, 1.54) is 0 Å². The number of aldehydes is 1. The van der Waals surface area contributed by atoms with E-state index in [4.69, 9.17) is 4.42 Å². The van der Waals surface area contributed by atoms with Gasteiger partial charge in [0.1, 0.15) is 5.58 Å². The number of carbonyl (C=O) groups excluding carboxylic acids is 1. The van der Waals surface area contributed by atoms with E-state index in [0.29, 0.717) is 5.56 Å². The average molecular weight is 313 g/mol. The van der Waals surface area contributed by atoms with Gasteiger partial charge in [-0.05, 0) is 47.5 Å². The van der Waals surface area contributed by atoms with E-state index in [-0.39, 0.29) is 0 Å². The first-order valence-corrected chi connectivity index (χ1v) is 7.72. The van der Waals surface area contributed by atoms with Crippen LogP contribution in [-0.4, -0.2) is 6.29 Å². The van der Waals surface area contributed by atoms with E-state index in [1.54, 1.807) is 6.26 Å². The first kappa shape index (κ1) is 14.3. The lowest BCUT2D eigenvalue weighted by molar-refractivity contribution is 0.112. The minimum absolute atomic E-state index is 0.627. The van der Waals surface area contributed by atoms with Crippen LogP contribution in [-0.2, 0) is 0 Å². The summed E-state index contributed by atoms with van der Waals surface area (Å²) in [5.74, 6) is 0. The van der Waals surface area contributed by atoms with Crippen LogP contribution in [0.1, 0.15) is 10.4 Å². The van der Waals surface area contributed by atoms with Crippen molar-refractivity contribution in [3.63, 3.8) is 0 Å². The van der Waals surface area contributed by atoms with Gasteiger partial charge in [0.15, 0.2) is 6.29 Å². The molecule has 0 aliphatic heterocycles. The molecule has 3 nitrogen and oxygen atoms in total. The largest absolute Gasteiger partial charge is 0.464 e. The summed E-state index contributed by atoms with van der Waals surface area (Å²) in [4.78, 5) is 11.4. The molecule has 0 radical (unpaired) electrons. The third kappa shape index (κ3) is 2.68. The van der Waals surface area contributed by atoms with Crippen molar-refractivity contribution in [2.24, 2.45) is 0 Å². The van der Waals surface area contributed by atoms with Gasteiger partial charge in [0.05, 0.1) is 6.26 Å². The second kappa shape index (κ2) is 6.05. The highest BCUT2D eigenvalue weighted by Crippen LogP contribution is 2.28. The van der Waals surface area contributed by atoms with E-state index in [9.17, 15) is 4.79 Å². The van der Waals surface area contributed by atoms with Gasteiger partial charge in [-0.2, -0.15) is 0 Å². The number of anilines is 2. The SMILES string of the molecule is O=Cc1ccc(-c2ccccc2)cc1Nc1ccc2occc2c1. The van der Waals surface area contributed by atoms with Crippen LogP contribution in [0.5, 0.6) is 0 Å². The molecule has 0 unspecified atom stereocenters. The van der Waals surface area contributed by atoms with Gasteiger partial charge >= 0.3 is 0 Å². The highest BCUT2D eigenvalue weighted by molar-refractivity contribution is 5.90. The molecule has 116 valence electrons. The molecular weight excluding hydrogens is 298 g/mol. The molecule has 1 heterocycles. The van der Waals surface area contributed by atoms with Crippen LogP contribution in [0.3, 0.4) is 0 Å². The van der Waals surface area contributed by atoms with Crippen LogP contribution < -0.4 is 5.32 Å². The molecule has 3 heteroatoms. The monoisotopic (exact) mass is 313 g/mol. The smallest absolute Gasteiger partial charge is 0.152 e. The molecule has 1 N–H and O–H groups in total. The molecule has 0 saturated heterocycles. The predicted octanol–water partition coefficient (Wildman–Crippen LogP) is 5.66. The summed E-state index contributed by atoms with van der Waals surface area (Å²) in [6.45, 7) is 0. The summed E-state index contributed by atoms with van der Waals surface area (Å²) >= 11 is 0. The van der Waals surface area contributed by atoms with Gasteiger partial charge in [-0.1, -0.05) is 36.4 Å². The van der Waals surface area contributed by atoms with Crippen molar-refractivity contribution in [1.29, 1.82) is 0 Å². The van der Waals surface area contributed by atoms with Crippen LogP contribution in [0.25, 0.3) is 22.1 Å². The van der Waals surface area contributed by atoms with Crippen molar-refractivity contribution in [2.45, 2.75) is 0 Å². The fourth-order valence-corrected chi connectivity index (χ4v) is 2.78. The van der Waals surface area contributed by atoms with Gasteiger partial charge in [0.25, 0.3) is 0 Å². The summed E-state index contributed by atoms with van der Waals surface area (Å²) in [6.07, 6.45) is 2.54. The fourth-order valence-electron chi connectivity index (χ4n) is 2.78. The first-order valence-electron chi connectivity index (χ1n) is 7.72. The summed E-state index contributed by atoms with van der Waals surface area (Å²) < 4.78 is 5.36. The summed E-state index contributed by atoms with van der Waals surface area (Å²) in [6, 6.07) is 23.7. The molecule has 4 aromatic rings. The van der Waals surface area contributed by atoms with Gasteiger partial charge in [0.2, 0.25) is 0 Å². The molecule has 0 saturated carbocycles. The molecule has 0 fully saturated rings. The van der Waals surface area contributed by atoms with E-state index in [1.807, 2.05) is 60.7 Å². The predicted molar refractivity (Wildman–Crippen MR) is 96.8 cm³/mol. The highest BCUT2D eigenvalue weighted by atomic mass is 16.3. The number of carbonyl (C=O) groups is 1. The van der Waals surface area contributed by atoms with Gasteiger partial charge < -0.3 is 9.73 Å². The Kier molecular flexibility index (Phi) is 3.60. The zero-order chi connectivity index (χ0) is 16.4. The van der Waals surface area contributed by atoms with Crippen LogP contribution in [0.4, 0.5) is 11.4 Å². The lowest BCUT2D eigenvalue weighted by atomic mass is 10.0. The quantitative estimate of drug-likeness (QED) is 0.495. The van der Waals surface area contributed by atoms with Gasteiger partial charge in [-0.25, -0.2) is 0 Å². The van der Waals surface area contributed by atoms with Crippen molar-refractivity contribution < 1.29 is 9.21 Å². The van der Waals surface area contributed by atoms with Crippen molar-refractivity contribution >= 4 is 28.6 Å². The van der Waals surface area contributed by atoms with Crippen molar-refractivity contribution in [1.82, 2.24) is 0 Å². The maximum Gasteiger partial charge on any atom is 0.152 e. The Morgan fingerprint density at radius 2 is 1.71 bits per heavy atom. The Morgan fingerprint density at radius 1 is 0.833 bits per heavy atom. The Bertz CT molecular complexity index is 1000. The van der Waals surface area contributed by atoms with Gasteiger partial charge in [-0.15, -0.1) is 0 Å². The number of nitrogens with one attached hydrogen (secondary N) is 1. The van der Waals surface area contributed by atoms with E-state index in [0.717, 1.165) is 39.8 Å². The number of rotatable bonds is 4. The minimum atomic E-state index is 0.627. The topological polar surface area (TPSA) is 42.2 Å². The van der Waals surface area contributed by atoms with E-state index >= 15 is 0 Å². The Hall–Kier alpha value is -3.33. The molecule has 0 spiro atoms. The standard InChI is InChI=1S/C21H15NO2/c23-14-18-7-6-16(15-4-2-1-3-5-15)13-20(18)22-19-8-9-21-17(12-19)10-11-24-21/h1-14,22H. The van der Waals surface area contributed by atoms with Crippen LogP contribution >= 0.6 is 0 Å². The first-order chi connectivity index (χ1) is 11.8. The lowest BCUT2D eigenvalue weighted by Gasteiger charge is -2.11. The Morgan fingerprint density at radius 3 is 2.54 bits per heavy atom. The summed E-state index contributed by atoms with van der Waals surface area (Å²) in [5, 5.41) is 4.36. The van der Waals surface area contributed by atoms with Gasteiger partial charge in [-0.3, -0.25) is 4.79 Å². The highest BCUT2D eigenvalue weighted by Gasteiger charge is 2.06. The van der Waals surface area contributed by atoms with E-state index in [2.05, 4.69) is 17.4 Å². The fraction of sp³-hybridized carbons (Fsp3) is 0. The number of benzene rings is 3. The number of hydrogen-bond acceptors (Lipinski definition) is 3. The van der Waals surface area contributed by atoms with Crippen LogP contribution in [0.2, 0.25) is 0 Å². The molecule has 0 aliphatic rings. The molecule has 4 rings (SSSR count). The summed E-state index contributed by atoms with van der Waals surface area (Å²) in [5.41, 5.74) is 5.35. The number of furan rings is 1.